The average molecular weight is 532 g/mol. The molecule has 1 rings (SSSR count). The Kier molecular flexibility index (Phi) is 15.0. The molecule has 0 saturated carbocycles. The number of aromatic hydroxyl groups is 1. The Balaban J connectivity index is 2.34. The van der Waals surface area contributed by atoms with Crippen molar-refractivity contribution in [1.29, 1.82) is 0 Å². The van der Waals surface area contributed by atoms with Gasteiger partial charge in [0.1, 0.15) is 5.75 Å². The number of nitrogens with one attached hydrogen (secondary N) is 1. The van der Waals surface area contributed by atoms with Crippen LogP contribution in [0.2, 0.25) is 0 Å². The van der Waals surface area contributed by atoms with Gasteiger partial charge in [-0.2, -0.15) is 0 Å². The van der Waals surface area contributed by atoms with E-state index >= 15 is 0 Å². The largest absolute Gasteiger partial charge is 0.507 e. The number of rotatable bonds is 18. The second-order valence-corrected chi connectivity index (χ2v) is 14.3. The predicted octanol–water partition coefficient (Wildman–Crippen LogP) is 8.42. The van der Waals surface area contributed by atoms with Crippen molar-refractivity contribution in [1.82, 2.24) is 5.32 Å². The minimum atomic E-state index is -0.151. The molecular weight excluding hydrogens is 468 g/mol. The summed E-state index contributed by atoms with van der Waals surface area (Å²) < 4.78 is 1.03. The molecule has 0 radical (unpaired) electrons. The maximum atomic E-state index is 12.6. The first-order valence-electron chi connectivity index (χ1n) is 15.6. The van der Waals surface area contributed by atoms with Crippen molar-refractivity contribution in [3.8, 4) is 5.75 Å². The van der Waals surface area contributed by atoms with Crippen molar-refractivity contribution < 1.29 is 14.4 Å². The zero-order valence-corrected chi connectivity index (χ0v) is 26.8. The molecule has 220 valence electrons. The van der Waals surface area contributed by atoms with Gasteiger partial charge in [0.25, 0.3) is 0 Å². The number of amides is 1. The number of aryl methyl sites for hydroxylation is 1. The highest BCUT2D eigenvalue weighted by Crippen LogP contribution is 2.40. The van der Waals surface area contributed by atoms with Crippen LogP contribution in [0, 0.1) is 0 Å². The number of carbonyl (C=O) groups excluding carboxylic acids is 1. The van der Waals surface area contributed by atoms with Gasteiger partial charge in [-0.05, 0) is 46.8 Å². The van der Waals surface area contributed by atoms with Crippen LogP contribution >= 0.6 is 0 Å². The normalized spacial score (nSPS) is 12.7. The molecule has 38 heavy (non-hydrogen) atoms. The third kappa shape index (κ3) is 14.0. The first-order valence-corrected chi connectivity index (χ1v) is 15.6. The number of benzene rings is 1. The topological polar surface area (TPSA) is 49.3 Å². The number of hydrogen-bond acceptors (Lipinski definition) is 2. The number of unbranched alkanes of at least 4 members (excludes halogenated alkanes) is 9. The van der Waals surface area contributed by atoms with Gasteiger partial charge in [-0.25, -0.2) is 0 Å². The summed E-state index contributed by atoms with van der Waals surface area (Å²) in [5, 5.41) is 14.1. The quantitative estimate of drug-likeness (QED) is 0.147. The lowest BCUT2D eigenvalue weighted by Crippen LogP contribution is -2.42. The number of quaternary nitrogens is 1. The van der Waals surface area contributed by atoms with E-state index in [0.717, 1.165) is 40.7 Å². The standard InChI is InChI=1S/C34H62N2O2/c1-10-11-12-13-14-15-16-17-18-19-24-36(8,9)25-20-23-35-31(37)22-21-28-26-29(33(2,3)4)32(38)30(27-28)34(5,6)7/h26-27H,10-25H2,1-9H3,(H-,35,37,38)/p+1. The van der Waals surface area contributed by atoms with Crippen LogP contribution in [-0.4, -0.2) is 49.2 Å². The van der Waals surface area contributed by atoms with E-state index in [9.17, 15) is 9.90 Å². The van der Waals surface area contributed by atoms with Crippen LogP contribution in [-0.2, 0) is 22.0 Å². The molecule has 2 N–H and O–H groups in total. The van der Waals surface area contributed by atoms with Gasteiger partial charge in [-0.1, -0.05) is 112 Å². The molecule has 1 aromatic carbocycles. The molecule has 1 aromatic rings. The fraction of sp³-hybridized carbons (Fsp3) is 0.794. The molecule has 0 unspecified atom stereocenters. The highest BCUT2D eigenvalue weighted by molar-refractivity contribution is 5.76. The van der Waals surface area contributed by atoms with E-state index in [1.807, 2.05) is 0 Å². The highest BCUT2D eigenvalue weighted by Gasteiger charge is 2.26. The molecule has 0 fully saturated rings. The van der Waals surface area contributed by atoms with Crippen LogP contribution in [0.4, 0.5) is 0 Å². The van der Waals surface area contributed by atoms with Gasteiger partial charge in [0.2, 0.25) is 5.91 Å². The van der Waals surface area contributed by atoms with Gasteiger partial charge in [-0.15, -0.1) is 0 Å². The zero-order valence-electron chi connectivity index (χ0n) is 26.8. The molecule has 0 bridgehead atoms. The minimum absolute atomic E-state index is 0.118. The zero-order chi connectivity index (χ0) is 28.8. The second kappa shape index (κ2) is 16.5. The van der Waals surface area contributed by atoms with E-state index in [2.05, 4.69) is 80.0 Å². The average Bonchev–Trinajstić information content (AvgIpc) is 2.81. The highest BCUT2D eigenvalue weighted by atomic mass is 16.3. The van der Waals surface area contributed by atoms with Crippen molar-refractivity contribution in [2.24, 2.45) is 0 Å². The van der Waals surface area contributed by atoms with Crippen LogP contribution in [0.15, 0.2) is 12.1 Å². The summed E-state index contributed by atoms with van der Waals surface area (Å²) in [7, 11) is 4.64. The predicted molar refractivity (Wildman–Crippen MR) is 165 cm³/mol. The van der Waals surface area contributed by atoms with Crippen molar-refractivity contribution >= 4 is 5.91 Å². The smallest absolute Gasteiger partial charge is 0.220 e. The Morgan fingerprint density at radius 2 is 1.21 bits per heavy atom. The van der Waals surface area contributed by atoms with Crippen LogP contribution in [0.1, 0.15) is 142 Å². The van der Waals surface area contributed by atoms with E-state index in [1.54, 1.807) is 0 Å². The maximum absolute atomic E-state index is 12.6. The molecular formula is C34H63N2O2+. The molecule has 0 saturated heterocycles. The Morgan fingerprint density at radius 1 is 0.763 bits per heavy atom. The van der Waals surface area contributed by atoms with Gasteiger partial charge in [0, 0.05) is 19.4 Å². The molecule has 4 heteroatoms. The van der Waals surface area contributed by atoms with E-state index in [1.165, 1.54) is 70.8 Å². The molecule has 0 aliphatic carbocycles. The molecule has 0 heterocycles. The Hall–Kier alpha value is -1.55. The molecule has 0 aliphatic heterocycles. The van der Waals surface area contributed by atoms with Gasteiger partial charge in [0.15, 0.2) is 0 Å². The molecule has 0 spiro atoms. The minimum Gasteiger partial charge on any atom is -0.507 e. The summed E-state index contributed by atoms with van der Waals surface area (Å²) in [6.07, 6.45) is 16.0. The lowest BCUT2D eigenvalue weighted by molar-refractivity contribution is -0.890. The summed E-state index contributed by atoms with van der Waals surface area (Å²) in [5.41, 5.74) is 2.75. The van der Waals surface area contributed by atoms with Crippen LogP contribution in [0.3, 0.4) is 0 Å². The van der Waals surface area contributed by atoms with E-state index in [4.69, 9.17) is 0 Å². The molecule has 0 atom stereocenters. The van der Waals surface area contributed by atoms with Gasteiger partial charge in [0.05, 0.1) is 27.2 Å². The Labute approximate surface area is 236 Å². The van der Waals surface area contributed by atoms with Crippen molar-refractivity contribution in [3.05, 3.63) is 28.8 Å². The molecule has 0 aromatic heterocycles. The maximum Gasteiger partial charge on any atom is 0.220 e. The van der Waals surface area contributed by atoms with E-state index < -0.39 is 0 Å². The lowest BCUT2D eigenvalue weighted by Gasteiger charge is -2.30. The summed E-state index contributed by atoms with van der Waals surface area (Å²) in [6.45, 7) is 18.1. The van der Waals surface area contributed by atoms with Crippen LogP contribution in [0.5, 0.6) is 5.75 Å². The van der Waals surface area contributed by atoms with Gasteiger partial charge < -0.3 is 14.9 Å². The molecule has 4 nitrogen and oxygen atoms in total. The SMILES string of the molecule is CCCCCCCCCCCC[N+](C)(C)CCCNC(=O)CCc1cc(C(C)(C)C)c(O)c(C(C)(C)C)c1. The number of carbonyl (C=O) groups is 1. The number of phenolic OH excluding ortho intramolecular Hbond substituents is 1. The summed E-state index contributed by atoms with van der Waals surface area (Å²) in [6, 6.07) is 4.18. The number of hydrogen-bond donors (Lipinski definition) is 2. The first kappa shape index (κ1) is 34.5. The van der Waals surface area contributed by atoms with Gasteiger partial charge in [-0.3, -0.25) is 4.79 Å². The Morgan fingerprint density at radius 3 is 1.68 bits per heavy atom. The fourth-order valence-corrected chi connectivity index (χ4v) is 5.20. The molecule has 1 amide bonds. The number of phenols is 1. The van der Waals surface area contributed by atoms with Crippen molar-refractivity contribution in [2.75, 3.05) is 33.7 Å². The monoisotopic (exact) mass is 531 g/mol. The lowest BCUT2D eigenvalue weighted by atomic mass is 9.78. The van der Waals surface area contributed by atoms with Crippen molar-refractivity contribution in [3.63, 3.8) is 0 Å². The molecule has 0 aliphatic rings. The van der Waals surface area contributed by atoms with Crippen molar-refractivity contribution in [2.45, 2.75) is 143 Å². The number of nitrogens with zero attached hydrogens (tertiary/aromatic N) is 1. The van der Waals surface area contributed by atoms with Crippen LogP contribution in [0.25, 0.3) is 0 Å². The van der Waals surface area contributed by atoms with E-state index in [-0.39, 0.29) is 16.7 Å². The summed E-state index contributed by atoms with van der Waals surface area (Å²) in [4.78, 5) is 12.6. The summed E-state index contributed by atoms with van der Waals surface area (Å²) >= 11 is 0. The van der Waals surface area contributed by atoms with Gasteiger partial charge >= 0.3 is 0 Å². The third-order valence-corrected chi connectivity index (χ3v) is 7.81. The van der Waals surface area contributed by atoms with E-state index in [0.29, 0.717) is 18.6 Å². The third-order valence-electron chi connectivity index (χ3n) is 7.81. The van der Waals surface area contributed by atoms with Crippen LogP contribution < -0.4 is 5.32 Å². The summed E-state index contributed by atoms with van der Waals surface area (Å²) in [5.74, 6) is 0.518. The second-order valence-electron chi connectivity index (χ2n) is 14.3. The first-order chi connectivity index (χ1) is 17.7. The Bertz CT molecular complexity index is 780. The fourth-order valence-electron chi connectivity index (χ4n) is 5.20.